The van der Waals surface area contributed by atoms with Crippen molar-refractivity contribution in [3.05, 3.63) is 0 Å². The normalized spacial score (nSPS) is 28.8. The van der Waals surface area contributed by atoms with Crippen LogP contribution in [0.4, 0.5) is 0 Å². The fourth-order valence-electron chi connectivity index (χ4n) is 3.64. The minimum atomic E-state index is -0.354. The molecule has 5 nitrogen and oxygen atoms in total. The van der Waals surface area contributed by atoms with E-state index in [4.69, 9.17) is 9.47 Å². The average Bonchev–Trinajstić information content (AvgIpc) is 2.94. The summed E-state index contributed by atoms with van der Waals surface area (Å²) in [5.74, 6) is 1.09. The molecule has 5 heteroatoms. The van der Waals surface area contributed by atoms with E-state index in [0.29, 0.717) is 18.4 Å². The van der Waals surface area contributed by atoms with Crippen molar-refractivity contribution < 1.29 is 14.3 Å². The molecule has 0 bridgehead atoms. The van der Waals surface area contributed by atoms with Gasteiger partial charge in [-0.05, 0) is 38.3 Å². The first kappa shape index (κ1) is 16.7. The molecule has 2 heterocycles. The molecule has 0 aliphatic carbocycles. The van der Waals surface area contributed by atoms with Gasteiger partial charge in [0.25, 0.3) is 0 Å². The predicted molar refractivity (Wildman–Crippen MR) is 82.1 cm³/mol. The molecule has 21 heavy (non-hydrogen) atoms. The topological polar surface area (TPSA) is 59.6 Å². The van der Waals surface area contributed by atoms with Gasteiger partial charge in [0.05, 0.1) is 18.1 Å². The quantitative estimate of drug-likeness (QED) is 0.773. The lowest BCUT2D eigenvalue weighted by atomic mass is 9.78. The third-order valence-corrected chi connectivity index (χ3v) is 4.91. The minimum Gasteiger partial charge on any atom is -0.384 e. The molecule has 2 unspecified atom stereocenters. The van der Waals surface area contributed by atoms with E-state index in [1.807, 2.05) is 0 Å². The van der Waals surface area contributed by atoms with Crippen LogP contribution in [0, 0.1) is 17.3 Å². The van der Waals surface area contributed by atoms with Crippen LogP contribution in [0.15, 0.2) is 0 Å². The molecule has 2 fully saturated rings. The second kappa shape index (κ2) is 7.56. The zero-order valence-corrected chi connectivity index (χ0v) is 13.6. The number of methoxy groups -OCH3 is 1. The van der Waals surface area contributed by atoms with Gasteiger partial charge in [0.1, 0.15) is 0 Å². The standard InChI is InChI=1S/C16H30N2O3/c1-12(2)14-13(4-9-21-14)10-18-15(19)16(11-20-3)5-7-17-8-6-16/h12-14,17H,4-11H2,1-3H3,(H,18,19). The highest BCUT2D eigenvalue weighted by Crippen LogP contribution is 2.30. The van der Waals surface area contributed by atoms with Gasteiger partial charge in [-0.15, -0.1) is 0 Å². The van der Waals surface area contributed by atoms with Gasteiger partial charge in [-0.2, -0.15) is 0 Å². The van der Waals surface area contributed by atoms with E-state index in [-0.39, 0.29) is 17.4 Å². The average molecular weight is 298 g/mol. The molecule has 122 valence electrons. The highest BCUT2D eigenvalue weighted by molar-refractivity contribution is 5.83. The Kier molecular flexibility index (Phi) is 6.02. The number of hydrogen-bond donors (Lipinski definition) is 2. The zero-order chi connectivity index (χ0) is 15.3. The first-order valence-electron chi connectivity index (χ1n) is 8.18. The molecule has 2 saturated heterocycles. The lowest BCUT2D eigenvalue weighted by Gasteiger charge is -2.36. The van der Waals surface area contributed by atoms with Gasteiger partial charge in [0, 0.05) is 26.2 Å². The molecule has 0 radical (unpaired) electrons. The van der Waals surface area contributed by atoms with Crippen molar-refractivity contribution >= 4 is 5.91 Å². The summed E-state index contributed by atoms with van der Waals surface area (Å²) in [5.41, 5.74) is -0.354. The fraction of sp³-hybridized carbons (Fsp3) is 0.938. The summed E-state index contributed by atoms with van der Waals surface area (Å²) in [5, 5.41) is 6.49. The Balaban J connectivity index is 1.90. The third kappa shape index (κ3) is 3.96. The predicted octanol–water partition coefficient (Wildman–Crippen LogP) is 1.18. The van der Waals surface area contributed by atoms with Crippen molar-refractivity contribution in [1.82, 2.24) is 10.6 Å². The van der Waals surface area contributed by atoms with Crippen LogP contribution < -0.4 is 10.6 Å². The van der Waals surface area contributed by atoms with Crippen LogP contribution in [0.25, 0.3) is 0 Å². The van der Waals surface area contributed by atoms with Crippen LogP contribution in [0.2, 0.25) is 0 Å². The minimum absolute atomic E-state index is 0.153. The fourth-order valence-corrected chi connectivity index (χ4v) is 3.64. The highest BCUT2D eigenvalue weighted by Gasteiger charge is 2.40. The van der Waals surface area contributed by atoms with E-state index in [0.717, 1.165) is 45.5 Å². The van der Waals surface area contributed by atoms with Crippen LogP contribution >= 0.6 is 0 Å². The van der Waals surface area contributed by atoms with Gasteiger partial charge >= 0.3 is 0 Å². The molecule has 1 amide bonds. The van der Waals surface area contributed by atoms with Crippen molar-refractivity contribution in [3.63, 3.8) is 0 Å². The van der Waals surface area contributed by atoms with Crippen molar-refractivity contribution in [2.75, 3.05) is 40.0 Å². The molecule has 2 atom stereocenters. The number of hydrogen-bond acceptors (Lipinski definition) is 4. The zero-order valence-electron chi connectivity index (χ0n) is 13.6. The molecular formula is C16H30N2O3. The van der Waals surface area contributed by atoms with Gasteiger partial charge in [0.15, 0.2) is 0 Å². The summed E-state index contributed by atoms with van der Waals surface area (Å²) in [4.78, 5) is 12.7. The Bertz CT molecular complexity index is 335. The molecule has 2 aliphatic rings. The first-order valence-corrected chi connectivity index (χ1v) is 8.18. The van der Waals surface area contributed by atoms with Crippen molar-refractivity contribution in [2.24, 2.45) is 17.3 Å². The number of amides is 1. The van der Waals surface area contributed by atoms with E-state index < -0.39 is 0 Å². The molecule has 0 saturated carbocycles. The van der Waals surface area contributed by atoms with Crippen LogP contribution in [-0.2, 0) is 14.3 Å². The van der Waals surface area contributed by atoms with Gasteiger partial charge in [-0.25, -0.2) is 0 Å². The number of carbonyl (C=O) groups excluding carboxylic acids is 1. The van der Waals surface area contributed by atoms with E-state index in [9.17, 15) is 4.79 Å². The summed E-state index contributed by atoms with van der Waals surface area (Å²) in [6.45, 7) is 8.19. The Morgan fingerprint density at radius 3 is 2.76 bits per heavy atom. The van der Waals surface area contributed by atoms with Gasteiger partial charge in [-0.1, -0.05) is 13.8 Å². The SMILES string of the molecule is COCC1(C(=O)NCC2CCOC2C(C)C)CCNCC1. The Morgan fingerprint density at radius 1 is 1.43 bits per heavy atom. The highest BCUT2D eigenvalue weighted by atomic mass is 16.5. The third-order valence-electron chi connectivity index (χ3n) is 4.91. The number of rotatable bonds is 6. The van der Waals surface area contributed by atoms with E-state index in [1.165, 1.54) is 0 Å². The number of carbonyl (C=O) groups is 1. The van der Waals surface area contributed by atoms with E-state index in [2.05, 4.69) is 24.5 Å². The summed E-state index contributed by atoms with van der Waals surface area (Å²) >= 11 is 0. The summed E-state index contributed by atoms with van der Waals surface area (Å²) in [6.07, 6.45) is 3.02. The Hall–Kier alpha value is -0.650. The Morgan fingerprint density at radius 2 is 2.14 bits per heavy atom. The van der Waals surface area contributed by atoms with Crippen LogP contribution in [-0.4, -0.2) is 52.0 Å². The number of nitrogens with one attached hydrogen (secondary N) is 2. The summed E-state index contributed by atoms with van der Waals surface area (Å²) in [6, 6.07) is 0. The summed E-state index contributed by atoms with van der Waals surface area (Å²) < 4.78 is 11.1. The molecule has 0 aromatic carbocycles. The maximum Gasteiger partial charge on any atom is 0.228 e. The molecule has 2 N–H and O–H groups in total. The van der Waals surface area contributed by atoms with Crippen molar-refractivity contribution in [1.29, 1.82) is 0 Å². The number of ether oxygens (including phenoxy) is 2. The van der Waals surface area contributed by atoms with E-state index in [1.54, 1.807) is 7.11 Å². The maximum atomic E-state index is 12.7. The molecule has 2 rings (SSSR count). The lowest BCUT2D eigenvalue weighted by Crippen LogP contribution is -2.51. The van der Waals surface area contributed by atoms with Gasteiger partial charge in [0.2, 0.25) is 5.91 Å². The van der Waals surface area contributed by atoms with Crippen LogP contribution in [0.5, 0.6) is 0 Å². The van der Waals surface area contributed by atoms with Crippen molar-refractivity contribution in [2.45, 2.75) is 39.2 Å². The number of piperidine rings is 1. The molecule has 0 aromatic heterocycles. The van der Waals surface area contributed by atoms with Gasteiger partial charge in [-0.3, -0.25) is 4.79 Å². The van der Waals surface area contributed by atoms with Gasteiger partial charge < -0.3 is 20.1 Å². The van der Waals surface area contributed by atoms with Crippen LogP contribution in [0.1, 0.15) is 33.1 Å². The van der Waals surface area contributed by atoms with Crippen LogP contribution in [0.3, 0.4) is 0 Å². The lowest BCUT2D eigenvalue weighted by molar-refractivity contribution is -0.136. The molecule has 0 spiro atoms. The smallest absolute Gasteiger partial charge is 0.228 e. The van der Waals surface area contributed by atoms with E-state index >= 15 is 0 Å². The Labute approximate surface area is 128 Å². The van der Waals surface area contributed by atoms with Crippen molar-refractivity contribution in [3.8, 4) is 0 Å². The second-order valence-electron chi connectivity index (χ2n) is 6.80. The second-order valence-corrected chi connectivity index (χ2v) is 6.80. The maximum absolute atomic E-state index is 12.7. The molecular weight excluding hydrogens is 268 g/mol. The first-order chi connectivity index (χ1) is 10.1. The largest absolute Gasteiger partial charge is 0.384 e. The molecule has 2 aliphatic heterocycles. The molecule has 0 aromatic rings. The summed E-state index contributed by atoms with van der Waals surface area (Å²) in [7, 11) is 1.68. The monoisotopic (exact) mass is 298 g/mol.